The molecule has 190 valence electrons. The first-order valence-corrected chi connectivity index (χ1v) is 13.7. The Hall–Kier alpha value is -3.43. The van der Waals surface area contributed by atoms with Crippen LogP contribution in [0.1, 0.15) is 36.0 Å². The number of carbonyl (C=O) groups excluding carboxylic acids is 2. The van der Waals surface area contributed by atoms with Gasteiger partial charge in [0.15, 0.2) is 10.9 Å². The minimum atomic E-state index is -4.00. The van der Waals surface area contributed by atoms with E-state index in [1.165, 1.54) is 0 Å². The molecule has 2 amide bonds. The van der Waals surface area contributed by atoms with Crippen LogP contribution in [0.3, 0.4) is 0 Å². The molecule has 1 aliphatic carbocycles. The Morgan fingerprint density at radius 1 is 1.14 bits per heavy atom. The highest BCUT2D eigenvalue weighted by atomic mass is 32.2. The standard InChI is InChI=1S/C21H24N8O5S2/c30-18(13-3-1-2-4-13)15-11-14(29-7-9-34-10-8-29)5-6-16(15)23-19(31)24-20-22-12-17(35-20)36(32,33)21-25-27-28-26-21/h5-6,11-13H,1-4,7-10H2,(H2,22,23,24,31)(H,25,26,27,28). The Kier molecular flexibility index (Phi) is 6.93. The summed E-state index contributed by atoms with van der Waals surface area (Å²) in [7, 11) is -4.00. The normalized spacial score (nSPS) is 16.7. The van der Waals surface area contributed by atoms with Crippen LogP contribution in [0.15, 0.2) is 33.8 Å². The summed E-state index contributed by atoms with van der Waals surface area (Å²) in [6.45, 7) is 2.69. The number of Topliss-reactive ketones (excluding diaryl/α,β-unsaturated/α-hetero) is 1. The van der Waals surface area contributed by atoms with Gasteiger partial charge in [-0.05, 0) is 36.3 Å². The van der Waals surface area contributed by atoms with Gasteiger partial charge in [-0.25, -0.2) is 18.2 Å². The van der Waals surface area contributed by atoms with Crippen molar-refractivity contribution in [2.75, 3.05) is 41.8 Å². The molecule has 3 aromatic rings. The number of ether oxygens (including phenoxy) is 1. The molecule has 13 nitrogen and oxygen atoms in total. The molecule has 0 spiro atoms. The van der Waals surface area contributed by atoms with Crippen molar-refractivity contribution in [1.29, 1.82) is 0 Å². The number of carbonyl (C=O) groups is 2. The van der Waals surface area contributed by atoms with Crippen molar-refractivity contribution in [1.82, 2.24) is 25.6 Å². The highest BCUT2D eigenvalue weighted by Gasteiger charge is 2.28. The number of anilines is 3. The van der Waals surface area contributed by atoms with E-state index in [1.54, 1.807) is 6.07 Å². The van der Waals surface area contributed by atoms with Crippen molar-refractivity contribution < 1.29 is 22.7 Å². The third-order valence-corrected chi connectivity index (χ3v) is 9.06. The lowest BCUT2D eigenvalue weighted by atomic mass is 9.94. The Balaban J connectivity index is 1.34. The number of morpholine rings is 1. The van der Waals surface area contributed by atoms with E-state index in [-0.39, 0.29) is 21.0 Å². The number of hydrogen-bond acceptors (Lipinski definition) is 11. The summed E-state index contributed by atoms with van der Waals surface area (Å²) in [6, 6.07) is 4.78. The van der Waals surface area contributed by atoms with E-state index >= 15 is 0 Å². The second kappa shape index (κ2) is 10.3. The Morgan fingerprint density at radius 2 is 1.92 bits per heavy atom. The number of nitrogens with zero attached hydrogens (tertiary/aromatic N) is 5. The molecule has 15 heteroatoms. The number of H-pyrrole nitrogens is 1. The second-order valence-electron chi connectivity index (χ2n) is 8.44. The van der Waals surface area contributed by atoms with E-state index < -0.39 is 21.0 Å². The SMILES string of the molecule is O=C(Nc1ncc(S(=O)(=O)c2nn[nH]n2)s1)Nc1ccc(N2CCOCC2)cc1C(=O)C1CCCC1. The smallest absolute Gasteiger partial charge is 0.325 e. The number of tetrazole rings is 1. The second-order valence-corrected chi connectivity index (χ2v) is 11.5. The molecule has 0 atom stereocenters. The van der Waals surface area contributed by atoms with Crippen LogP contribution in [0, 0.1) is 5.92 Å². The van der Waals surface area contributed by atoms with Gasteiger partial charge in [-0.2, -0.15) is 5.21 Å². The number of thiazole rings is 1. The summed E-state index contributed by atoms with van der Waals surface area (Å²) >= 11 is 0.751. The summed E-state index contributed by atoms with van der Waals surface area (Å²) in [5, 5.41) is 17.2. The van der Waals surface area contributed by atoms with E-state index in [1.807, 2.05) is 12.1 Å². The van der Waals surface area contributed by atoms with Crippen LogP contribution in [0.4, 0.5) is 21.3 Å². The number of amides is 2. The van der Waals surface area contributed by atoms with E-state index in [9.17, 15) is 18.0 Å². The minimum Gasteiger partial charge on any atom is -0.378 e. The number of aromatic amines is 1. The van der Waals surface area contributed by atoms with Gasteiger partial charge in [0.25, 0.3) is 15.0 Å². The quantitative estimate of drug-likeness (QED) is 0.383. The highest BCUT2D eigenvalue weighted by Crippen LogP contribution is 2.33. The number of ketones is 1. The van der Waals surface area contributed by atoms with Gasteiger partial charge in [0.05, 0.1) is 25.1 Å². The van der Waals surface area contributed by atoms with Crippen LogP contribution in [0.2, 0.25) is 0 Å². The first-order valence-electron chi connectivity index (χ1n) is 11.4. The van der Waals surface area contributed by atoms with E-state index in [0.29, 0.717) is 24.5 Å². The van der Waals surface area contributed by atoms with E-state index in [2.05, 4.69) is 41.1 Å². The number of rotatable bonds is 7. The lowest BCUT2D eigenvalue weighted by Gasteiger charge is -2.29. The van der Waals surface area contributed by atoms with E-state index in [4.69, 9.17) is 4.74 Å². The van der Waals surface area contributed by atoms with Gasteiger partial charge in [0, 0.05) is 30.3 Å². The number of sulfone groups is 1. The average molecular weight is 533 g/mol. The molecule has 0 bridgehead atoms. The molecule has 0 radical (unpaired) electrons. The van der Waals surface area contributed by atoms with Crippen molar-refractivity contribution in [3.05, 3.63) is 30.0 Å². The average Bonchev–Trinajstić information content (AvgIpc) is 3.68. The fourth-order valence-electron chi connectivity index (χ4n) is 4.32. The zero-order valence-corrected chi connectivity index (χ0v) is 20.8. The summed E-state index contributed by atoms with van der Waals surface area (Å²) in [5.74, 6) is -0.0499. The maximum absolute atomic E-state index is 13.4. The van der Waals surface area contributed by atoms with Crippen molar-refractivity contribution >= 4 is 49.5 Å². The Bertz CT molecular complexity index is 1350. The van der Waals surface area contributed by atoms with Gasteiger partial charge in [-0.15, -0.1) is 5.10 Å². The Labute approximate surface area is 210 Å². The maximum atomic E-state index is 13.4. The number of urea groups is 1. The van der Waals surface area contributed by atoms with Crippen LogP contribution in [0.5, 0.6) is 0 Å². The fraction of sp³-hybridized carbons (Fsp3) is 0.429. The maximum Gasteiger partial charge on any atom is 0.325 e. The van der Waals surface area contributed by atoms with Crippen LogP contribution >= 0.6 is 11.3 Å². The van der Waals surface area contributed by atoms with Crippen LogP contribution in [-0.4, -0.2) is 72.1 Å². The lowest BCUT2D eigenvalue weighted by molar-refractivity contribution is 0.0923. The van der Waals surface area contributed by atoms with Gasteiger partial charge in [-0.1, -0.05) is 29.3 Å². The fourth-order valence-corrected chi connectivity index (χ4v) is 6.44. The predicted octanol–water partition coefficient (Wildman–Crippen LogP) is 2.34. The largest absolute Gasteiger partial charge is 0.378 e. The van der Waals surface area contributed by atoms with Crippen molar-refractivity contribution in [2.24, 2.45) is 5.92 Å². The van der Waals surface area contributed by atoms with Gasteiger partial charge in [-0.3, -0.25) is 10.1 Å². The number of nitrogens with one attached hydrogen (secondary N) is 3. The van der Waals surface area contributed by atoms with Crippen molar-refractivity contribution in [3.8, 4) is 0 Å². The van der Waals surface area contributed by atoms with Gasteiger partial charge >= 0.3 is 6.03 Å². The molecule has 0 unspecified atom stereocenters. The number of hydrogen-bond donors (Lipinski definition) is 3. The summed E-state index contributed by atoms with van der Waals surface area (Å²) < 4.78 is 30.3. The monoisotopic (exact) mass is 532 g/mol. The molecule has 3 heterocycles. The highest BCUT2D eigenvalue weighted by molar-refractivity contribution is 7.93. The minimum absolute atomic E-state index is 0.0145. The molecule has 3 N–H and O–H groups in total. The third-order valence-electron chi connectivity index (χ3n) is 6.16. The van der Waals surface area contributed by atoms with Crippen molar-refractivity contribution in [2.45, 2.75) is 35.0 Å². The Morgan fingerprint density at radius 3 is 2.64 bits per heavy atom. The van der Waals surface area contributed by atoms with Crippen LogP contribution in [0.25, 0.3) is 0 Å². The molecule has 36 heavy (non-hydrogen) atoms. The van der Waals surface area contributed by atoms with E-state index in [0.717, 1.165) is 62.0 Å². The lowest BCUT2D eigenvalue weighted by Crippen LogP contribution is -2.36. The molecule has 2 fully saturated rings. The molecule has 2 aromatic heterocycles. The third kappa shape index (κ3) is 5.08. The predicted molar refractivity (Wildman–Crippen MR) is 130 cm³/mol. The molecule has 2 aliphatic rings. The van der Waals surface area contributed by atoms with Crippen LogP contribution < -0.4 is 15.5 Å². The number of benzene rings is 1. The van der Waals surface area contributed by atoms with Crippen molar-refractivity contribution in [3.63, 3.8) is 0 Å². The van der Waals surface area contributed by atoms with Gasteiger partial charge < -0.3 is 15.0 Å². The summed E-state index contributed by atoms with van der Waals surface area (Å²) in [6.07, 6.45) is 4.81. The van der Waals surface area contributed by atoms with Gasteiger partial charge in [0.1, 0.15) is 4.21 Å². The molecular formula is C21H24N8O5S2. The zero-order chi connectivity index (χ0) is 25.1. The molecule has 1 aliphatic heterocycles. The molecule has 1 saturated heterocycles. The molecular weight excluding hydrogens is 508 g/mol. The van der Waals surface area contributed by atoms with Crippen LogP contribution in [-0.2, 0) is 14.6 Å². The topological polar surface area (TPSA) is 172 Å². The first kappa shape index (κ1) is 24.3. The summed E-state index contributed by atoms with van der Waals surface area (Å²) in [5.41, 5.74) is 1.75. The molecule has 1 aromatic carbocycles. The first-order chi connectivity index (χ1) is 17.4. The van der Waals surface area contributed by atoms with Gasteiger partial charge in [0.2, 0.25) is 0 Å². The summed E-state index contributed by atoms with van der Waals surface area (Å²) in [4.78, 5) is 32.2. The molecule has 5 rings (SSSR count). The molecule has 1 saturated carbocycles. The number of aromatic nitrogens is 5. The zero-order valence-electron chi connectivity index (χ0n) is 19.1.